The Hall–Kier alpha value is -3.00. The van der Waals surface area contributed by atoms with Crippen molar-refractivity contribution in [2.24, 2.45) is 0 Å². The molecule has 2 aromatic rings. The number of nitrogens with zero attached hydrogens (tertiary/aromatic N) is 3. The van der Waals surface area contributed by atoms with Crippen molar-refractivity contribution in [2.45, 2.75) is 43.6 Å². The highest BCUT2D eigenvalue weighted by atomic mass is 19.1. The molecule has 0 saturated carbocycles. The van der Waals surface area contributed by atoms with Crippen molar-refractivity contribution in [3.8, 4) is 17.0 Å². The van der Waals surface area contributed by atoms with E-state index in [-0.39, 0.29) is 23.7 Å². The fourth-order valence-electron chi connectivity index (χ4n) is 4.74. The summed E-state index contributed by atoms with van der Waals surface area (Å²) in [5.74, 6) is 0.558. The topological polar surface area (TPSA) is 90.4 Å². The van der Waals surface area contributed by atoms with Gasteiger partial charge in [-0.1, -0.05) is 6.07 Å². The summed E-state index contributed by atoms with van der Waals surface area (Å²) in [6.45, 7) is 0.451. The summed E-state index contributed by atoms with van der Waals surface area (Å²) in [5.41, 5.74) is 2.71. The lowest BCUT2D eigenvalue weighted by atomic mass is 9.96. The molecule has 0 radical (unpaired) electrons. The third-order valence-electron chi connectivity index (χ3n) is 6.45. The van der Waals surface area contributed by atoms with Crippen LogP contribution in [0.15, 0.2) is 36.7 Å². The van der Waals surface area contributed by atoms with Crippen LogP contribution in [-0.2, 0) is 4.79 Å². The average molecular weight is 409 g/mol. The molecule has 2 saturated heterocycles. The standard InChI is InChI=1S/C22H24FN5O2/c1-28(18-8-14-3-5-16(27-14)22(18)23)20-11-24-17(10-25-20)15-4-2-12(6-19(15)29)13-7-21(30)26-9-13/h2,4,6-7,10-11,14,16,18,22,27,29H,3,5,8-9H2,1H3,(H,26,30)/t14-,16+,18-,22+/m0/s1. The van der Waals surface area contributed by atoms with Crippen molar-refractivity contribution < 1.29 is 14.3 Å². The molecule has 4 atom stereocenters. The second-order valence-electron chi connectivity index (χ2n) is 8.28. The number of carbonyl (C=O) groups excluding carboxylic acids is 1. The van der Waals surface area contributed by atoms with Gasteiger partial charge in [0.1, 0.15) is 17.7 Å². The van der Waals surface area contributed by atoms with Crippen LogP contribution in [0.1, 0.15) is 24.8 Å². The lowest BCUT2D eigenvalue weighted by molar-refractivity contribution is -0.115. The highest BCUT2D eigenvalue weighted by Gasteiger charge is 2.43. The number of phenols is 1. The summed E-state index contributed by atoms with van der Waals surface area (Å²) in [7, 11) is 1.86. The molecule has 1 aromatic heterocycles. The molecule has 3 N–H and O–H groups in total. The molecule has 5 rings (SSSR count). The lowest BCUT2D eigenvalue weighted by Gasteiger charge is -2.38. The Labute approximate surface area is 174 Å². The maximum atomic E-state index is 14.8. The lowest BCUT2D eigenvalue weighted by Crippen LogP contribution is -2.55. The number of amides is 1. The summed E-state index contributed by atoms with van der Waals surface area (Å²) < 4.78 is 14.8. The minimum absolute atomic E-state index is 0.0700. The molecule has 0 aliphatic carbocycles. The SMILES string of the molecule is CN(c1cnc(-c2ccc(C3=CC(=O)NC3)cc2O)cn1)[C@H]1C[C@@H]2CC[C@@H](N2)[C@H]1F. The van der Waals surface area contributed by atoms with Gasteiger partial charge in [0.05, 0.1) is 24.1 Å². The molecule has 3 aliphatic heterocycles. The van der Waals surface area contributed by atoms with Gasteiger partial charge in [-0.15, -0.1) is 0 Å². The molecule has 3 aliphatic rings. The fourth-order valence-corrected chi connectivity index (χ4v) is 4.74. The number of alkyl halides is 1. The number of carbonyl (C=O) groups is 1. The molecule has 0 unspecified atom stereocenters. The maximum Gasteiger partial charge on any atom is 0.244 e. The van der Waals surface area contributed by atoms with Gasteiger partial charge in [-0.25, -0.2) is 9.37 Å². The molecule has 1 aromatic carbocycles. The summed E-state index contributed by atoms with van der Waals surface area (Å²) in [6.07, 6.45) is 6.49. The van der Waals surface area contributed by atoms with Gasteiger partial charge in [-0.2, -0.15) is 0 Å². The van der Waals surface area contributed by atoms with Crippen LogP contribution in [0.25, 0.3) is 16.8 Å². The highest BCUT2D eigenvalue weighted by molar-refractivity contribution is 6.00. The molecule has 8 heteroatoms. The van der Waals surface area contributed by atoms with Crippen LogP contribution >= 0.6 is 0 Å². The molecule has 7 nitrogen and oxygen atoms in total. The normalized spacial score (nSPS) is 27.7. The van der Waals surface area contributed by atoms with E-state index < -0.39 is 6.17 Å². The van der Waals surface area contributed by atoms with E-state index >= 15 is 0 Å². The average Bonchev–Trinajstić information content (AvgIpc) is 3.37. The molecular formula is C22H24FN5O2. The van der Waals surface area contributed by atoms with Gasteiger partial charge in [-0.05, 0) is 42.5 Å². The first-order valence-electron chi connectivity index (χ1n) is 10.3. The number of halogens is 1. The second-order valence-corrected chi connectivity index (χ2v) is 8.28. The van der Waals surface area contributed by atoms with Gasteiger partial charge >= 0.3 is 0 Å². The predicted molar refractivity (Wildman–Crippen MR) is 112 cm³/mol. The minimum Gasteiger partial charge on any atom is -0.507 e. The molecule has 0 spiro atoms. The van der Waals surface area contributed by atoms with E-state index in [1.165, 1.54) is 6.08 Å². The predicted octanol–water partition coefficient (Wildman–Crippen LogP) is 2.03. The third kappa shape index (κ3) is 3.31. The number of phenolic OH excluding ortho intramolecular Hbond substituents is 1. The Morgan fingerprint density at radius 3 is 2.80 bits per heavy atom. The van der Waals surface area contributed by atoms with Gasteiger partial charge in [0.15, 0.2) is 0 Å². The van der Waals surface area contributed by atoms with Crippen molar-refractivity contribution in [3.63, 3.8) is 0 Å². The Morgan fingerprint density at radius 2 is 2.10 bits per heavy atom. The number of benzene rings is 1. The number of hydrogen-bond acceptors (Lipinski definition) is 6. The first-order valence-corrected chi connectivity index (χ1v) is 10.3. The van der Waals surface area contributed by atoms with Gasteiger partial charge in [0.25, 0.3) is 0 Å². The molecule has 2 fully saturated rings. The fraction of sp³-hybridized carbons (Fsp3) is 0.409. The summed E-state index contributed by atoms with van der Waals surface area (Å²) in [5, 5.41) is 16.6. The van der Waals surface area contributed by atoms with Crippen LogP contribution in [0.2, 0.25) is 0 Å². The van der Waals surface area contributed by atoms with Gasteiger partial charge < -0.3 is 20.6 Å². The van der Waals surface area contributed by atoms with Crippen LogP contribution in [0.5, 0.6) is 5.75 Å². The summed E-state index contributed by atoms with van der Waals surface area (Å²) >= 11 is 0. The van der Waals surface area contributed by atoms with Crippen molar-refractivity contribution in [3.05, 3.63) is 42.2 Å². The molecular weight excluding hydrogens is 385 g/mol. The first-order chi connectivity index (χ1) is 14.5. The molecule has 4 heterocycles. The van der Waals surface area contributed by atoms with E-state index in [4.69, 9.17) is 0 Å². The zero-order valence-corrected chi connectivity index (χ0v) is 16.7. The van der Waals surface area contributed by atoms with Crippen molar-refractivity contribution >= 4 is 17.3 Å². The number of fused-ring (bicyclic) bond motifs is 2. The molecule has 156 valence electrons. The van der Waals surface area contributed by atoms with Crippen molar-refractivity contribution in [1.82, 2.24) is 20.6 Å². The van der Waals surface area contributed by atoms with Gasteiger partial charge in [-0.3, -0.25) is 9.78 Å². The first kappa shape index (κ1) is 19.0. The number of rotatable bonds is 4. The van der Waals surface area contributed by atoms with Gasteiger partial charge in [0, 0.05) is 37.3 Å². The van der Waals surface area contributed by atoms with Crippen LogP contribution in [0, 0.1) is 0 Å². The Balaban J connectivity index is 1.35. The largest absolute Gasteiger partial charge is 0.507 e. The number of piperidine rings is 1. The summed E-state index contributed by atoms with van der Waals surface area (Å²) in [6, 6.07) is 5.33. The van der Waals surface area contributed by atoms with Crippen LogP contribution in [-0.4, -0.2) is 58.9 Å². The van der Waals surface area contributed by atoms with Crippen LogP contribution < -0.4 is 15.5 Å². The number of anilines is 1. The monoisotopic (exact) mass is 409 g/mol. The zero-order valence-electron chi connectivity index (χ0n) is 16.7. The molecule has 1 amide bonds. The molecule has 2 bridgehead atoms. The smallest absolute Gasteiger partial charge is 0.244 e. The van der Waals surface area contributed by atoms with Crippen LogP contribution in [0.3, 0.4) is 0 Å². The maximum absolute atomic E-state index is 14.8. The van der Waals surface area contributed by atoms with E-state index in [9.17, 15) is 14.3 Å². The number of hydrogen-bond donors (Lipinski definition) is 3. The van der Waals surface area contributed by atoms with E-state index in [0.717, 1.165) is 30.4 Å². The Morgan fingerprint density at radius 1 is 1.23 bits per heavy atom. The van der Waals surface area contributed by atoms with E-state index in [1.54, 1.807) is 24.5 Å². The number of aromatic nitrogens is 2. The van der Waals surface area contributed by atoms with E-state index in [2.05, 4.69) is 20.6 Å². The Kier molecular flexibility index (Phi) is 4.66. The number of aromatic hydroxyl groups is 1. The van der Waals surface area contributed by atoms with Crippen molar-refractivity contribution in [1.29, 1.82) is 0 Å². The molecule has 30 heavy (non-hydrogen) atoms. The van der Waals surface area contributed by atoms with Crippen molar-refractivity contribution in [2.75, 3.05) is 18.5 Å². The highest BCUT2D eigenvalue weighted by Crippen LogP contribution is 2.34. The van der Waals surface area contributed by atoms with E-state index in [0.29, 0.717) is 29.7 Å². The van der Waals surface area contributed by atoms with Gasteiger partial charge in [0.2, 0.25) is 5.91 Å². The minimum atomic E-state index is -0.932. The quantitative estimate of drug-likeness (QED) is 0.716. The summed E-state index contributed by atoms with van der Waals surface area (Å²) in [4.78, 5) is 22.2. The third-order valence-corrected chi connectivity index (χ3v) is 6.45. The Bertz CT molecular complexity index is 1010. The van der Waals surface area contributed by atoms with Crippen LogP contribution in [0.4, 0.5) is 10.2 Å². The van der Waals surface area contributed by atoms with E-state index in [1.807, 2.05) is 18.0 Å². The zero-order chi connectivity index (χ0) is 20.8. The second kappa shape index (κ2) is 7.36. The number of nitrogens with one attached hydrogen (secondary N) is 2.